The SMILES string of the molecule is CCCOc1ccc([C@H]2C(=O)N(C3CCCCCC3)CC(=O)N2[C@H]2CCCc3ccccc32)cc1OC. The summed E-state index contributed by atoms with van der Waals surface area (Å²) >= 11 is 0. The van der Waals surface area contributed by atoms with Gasteiger partial charge in [-0.3, -0.25) is 9.59 Å². The lowest BCUT2D eigenvalue weighted by Crippen LogP contribution is -2.59. The third-order valence-electron chi connectivity index (χ3n) is 8.29. The summed E-state index contributed by atoms with van der Waals surface area (Å²) in [6.07, 6.45) is 10.4. The normalized spacial score (nSPS) is 23.0. The first-order valence-corrected chi connectivity index (χ1v) is 14.1. The van der Waals surface area contributed by atoms with E-state index in [2.05, 4.69) is 25.1 Å². The first kappa shape index (κ1) is 25.6. The number of amides is 2. The number of hydrogen-bond donors (Lipinski definition) is 0. The monoisotopic (exact) mass is 504 g/mol. The van der Waals surface area contributed by atoms with Gasteiger partial charge in [-0.2, -0.15) is 0 Å². The number of aryl methyl sites for hydroxylation is 1. The molecule has 0 N–H and O–H groups in total. The predicted octanol–water partition coefficient (Wildman–Crippen LogP) is 6.00. The highest BCUT2D eigenvalue weighted by atomic mass is 16.5. The fourth-order valence-electron chi connectivity index (χ4n) is 6.46. The van der Waals surface area contributed by atoms with Gasteiger partial charge < -0.3 is 19.3 Å². The Hall–Kier alpha value is -3.02. The van der Waals surface area contributed by atoms with Gasteiger partial charge in [-0.05, 0) is 67.3 Å². The highest BCUT2D eigenvalue weighted by Gasteiger charge is 2.46. The Morgan fingerprint density at radius 1 is 0.919 bits per heavy atom. The summed E-state index contributed by atoms with van der Waals surface area (Å²) in [5, 5.41) is 0. The number of methoxy groups -OCH3 is 1. The number of piperazine rings is 1. The second kappa shape index (κ2) is 11.6. The molecule has 5 rings (SSSR count). The Bertz CT molecular complexity index is 1110. The van der Waals surface area contributed by atoms with Gasteiger partial charge in [-0.25, -0.2) is 0 Å². The zero-order valence-electron chi connectivity index (χ0n) is 22.3. The van der Waals surface area contributed by atoms with E-state index in [0.29, 0.717) is 18.1 Å². The van der Waals surface area contributed by atoms with Crippen LogP contribution in [0.2, 0.25) is 0 Å². The second-order valence-corrected chi connectivity index (χ2v) is 10.7. The molecule has 37 heavy (non-hydrogen) atoms. The summed E-state index contributed by atoms with van der Waals surface area (Å²) in [6.45, 7) is 2.83. The van der Waals surface area contributed by atoms with Crippen LogP contribution in [-0.4, -0.2) is 47.9 Å². The van der Waals surface area contributed by atoms with Crippen molar-refractivity contribution in [1.29, 1.82) is 0 Å². The topological polar surface area (TPSA) is 59.1 Å². The van der Waals surface area contributed by atoms with Gasteiger partial charge in [0.25, 0.3) is 5.91 Å². The number of benzene rings is 2. The van der Waals surface area contributed by atoms with Crippen molar-refractivity contribution in [3.05, 3.63) is 59.2 Å². The highest BCUT2D eigenvalue weighted by Crippen LogP contribution is 2.43. The van der Waals surface area contributed by atoms with Gasteiger partial charge >= 0.3 is 0 Å². The van der Waals surface area contributed by atoms with Crippen LogP contribution < -0.4 is 9.47 Å². The molecule has 2 aromatic rings. The third kappa shape index (κ3) is 5.21. The van der Waals surface area contributed by atoms with E-state index in [9.17, 15) is 9.59 Å². The van der Waals surface area contributed by atoms with Gasteiger partial charge in [0.1, 0.15) is 12.6 Å². The third-order valence-corrected chi connectivity index (χ3v) is 8.29. The Morgan fingerprint density at radius 3 is 2.46 bits per heavy atom. The minimum Gasteiger partial charge on any atom is -0.493 e. The van der Waals surface area contributed by atoms with E-state index < -0.39 is 6.04 Å². The molecule has 0 aromatic heterocycles. The van der Waals surface area contributed by atoms with Crippen LogP contribution in [0.15, 0.2) is 42.5 Å². The van der Waals surface area contributed by atoms with Crippen LogP contribution >= 0.6 is 0 Å². The first-order chi connectivity index (χ1) is 18.1. The molecular formula is C31H40N2O4. The number of carbonyl (C=O) groups is 2. The van der Waals surface area contributed by atoms with Crippen molar-refractivity contribution < 1.29 is 19.1 Å². The lowest BCUT2D eigenvalue weighted by atomic mass is 9.84. The molecule has 0 bridgehead atoms. The van der Waals surface area contributed by atoms with E-state index in [-0.39, 0.29) is 30.4 Å². The number of nitrogens with zero attached hydrogens (tertiary/aromatic N) is 2. The van der Waals surface area contributed by atoms with E-state index >= 15 is 0 Å². The fourth-order valence-corrected chi connectivity index (χ4v) is 6.46. The summed E-state index contributed by atoms with van der Waals surface area (Å²) in [7, 11) is 1.62. The maximum absolute atomic E-state index is 14.4. The lowest BCUT2D eigenvalue weighted by molar-refractivity contribution is -0.162. The molecule has 0 unspecified atom stereocenters. The Balaban J connectivity index is 1.56. The van der Waals surface area contributed by atoms with Crippen molar-refractivity contribution in [2.45, 2.75) is 89.3 Å². The van der Waals surface area contributed by atoms with Crippen LogP contribution in [-0.2, 0) is 16.0 Å². The number of fused-ring (bicyclic) bond motifs is 1. The molecule has 2 fully saturated rings. The lowest BCUT2D eigenvalue weighted by Gasteiger charge is -2.47. The van der Waals surface area contributed by atoms with Crippen LogP contribution in [0, 0.1) is 0 Å². The molecular weight excluding hydrogens is 464 g/mol. The number of ether oxygens (including phenoxy) is 2. The van der Waals surface area contributed by atoms with Gasteiger partial charge in [0.15, 0.2) is 11.5 Å². The molecule has 2 amide bonds. The van der Waals surface area contributed by atoms with E-state index in [1.165, 1.54) is 24.0 Å². The van der Waals surface area contributed by atoms with E-state index in [0.717, 1.165) is 56.9 Å². The first-order valence-electron chi connectivity index (χ1n) is 14.1. The summed E-state index contributed by atoms with van der Waals surface area (Å²) in [5.41, 5.74) is 3.25. The molecule has 0 radical (unpaired) electrons. The van der Waals surface area contributed by atoms with E-state index in [1.54, 1.807) is 7.11 Å². The number of rotatable bonds is 7. The summed E-state index contributed by atoms with van der Waals surface area (Å²) in [5.74, 6) is 1.35. The van der Waals surface area contributed by atoms with E-state index in [1.807, 2.05) is 34.1 Å². The van der Waals surface area contributed by atoms with Gasteiger partial charge in [-0.15, -0.1) is 0 Å². The smallest absolute Gasteiger partial charge is 0.250 e. The molecule has 1 heterocycles. The summed E-state index contributed by atoms with van der Waals surface area (Å²) in [4.78, 5) is 32.2. The van der Waals surface area contributed by atoms with Crippen molar-refractivity contribution in [3.63, 3.8) is 0 Å². The molecule has 2 aliphatic carbocycles. The van der Waals surface area contributed by atoms with Crippen LogP contribution in [0.1, 0.15) is 93.5 Å². The molecule has 6 heteroatoms. The van der Waals surface area contributed by atoms with Crippen LogP contribution in [0.4, 0.5) is 0 Å². The fraction of sp³-hybridized carbons (Fsp3) is 0.548. The van der Waals surface area contributed by atoms with Crippen molar-refractivity contribution in [2.24, 2.45) is 0 Å². The Morgan fingerprint density at radius 2 is 1.70 bits per heavy atom. The zero-order chi connectivity index (χ0) is 25.8. The average molecular weight is 505 g/mol. The summed E-state index contributed by atoms with van der Waals surface area (Å²) in [6, 6.07) is 13.5. The van der Waals surface area contributed by atoms with Gasteiger partial charge in [0.05, 0.1) is 19.8 Å². The molecule has 6 nitrogen and oxygen atoms in total. The molecule has 2 aromatic carbocycles. The van der Waals surface area contributed by atoms with E-state index in [4.69, 9.17) is 9.47 Å². The summed E-state index contributed by atoms with van der Waals surface area (Å²) < 4.78 is 11.6. The van der Waals surface area contributed by atoms with Gasteiger partial charge in [-0.1, -0.05) is 62.9 Å². The standard InChI is InChI=1S/C31H40N2O4/c1-3-19-37-27-18-17-23(20-28(27)36-2)30-31(35)32(24-13-6-4-5-7-14-24)21-29(34)33(30)26-16-10-12-22-11-8-9-15-25(22)26/h8-9,11,15,17-18,20,24,26,30H,3-7,10,12-14,16,19,21H2,1-2H3/t26-,30-/m0/s1. The van der Waals surface area contributed by atoms with Crippen LogP contribution in [0.5, 0.6) is 11.5 Å². The molecule has 3 aliphatic rings. The largest absolute Gasteiger partial charge is 0.493 e. The highest BCUT2D eigenvalue weighted by molar-refractivity contribution is 5.96. The maximum atomic E-state index is 14.4. The quantitative estimate of drug-likeness (QED) is 0.434. The molecule has 2 atom stereocenters. The molecule has 198 valence electrons. The minimum absolute atomic E-state index is 0.0406. The van der Waals surface area contributed by atoms with Gasteiger partial charge in [0, 0.05) is 6.04 Å². The zero-order valence-corrected chi connectivity index (χ0v) is 22.3. The predicted molar refractivity (Wildman–Crippen MR) is 144 cm³/mol. The van der Waals surface area contributed by atoms with Crippen molar-refractivity contribution in [2.75, 3.05) is 20.3 Å². The minimum atomic E-state index is -0.671. The molecule has 0 spiro atoms. The molecule has 1 aliphatic heterocycles. The Labute approximate surface area is 220 Å². The average Bonchev–Trinajstić information content (AvgIpc) is 3.22. The number of carbonyl (C=O) groups excluding carboxylic acids is 2. The Kier molecular flexibility index (Phi) is 8.02. The van der Waals surface area contributed by atoms with Crippen molar-refractivity contribution >= 4 is 11.8 Å². The molecule has 1 saturated carbocycles. The van der Waals surface area contributed by atoms with Gasteiger partial charge in [0.2, 0.25) is 5.91 Å². The second-order valence-electron chi connectivity index (χ2n) is 10.7. The van der Waals surface area contributed by atoms with Crippen molar-refractivity contribution in [3.8, 4) is 11.5 Å². The van der Waals surface area contributed by atoms with Crippen LogP contribution in [0.25, 0.3) is 0 Å². The maximum Gasteiger partial charge on any atom is 0.250 e. The number of hydrogen-bond acceptors (Lipinski definition) is 4. The van der Waals surface area contributed by atoms with Crippen LogP contribution in [0.3, 0.4) is 0 Å². The molecule has 1 saturated heterocycles. The van der Waals surface area contributed by atoms with Crippen molar-refractivity contribution in [1.82, 2.24) is 9.80 Å².